The summed E-state index contributed by atoms with van der Waals surface area (Å²) in [5, 5.41) is 26.9. The fraction of sp³-hybridized carbons (Fsp3) is 0.767. The normalized spacial score (nSPS) is 13.5. The van der Waals surface area contributed by atoms with Crippen LogP contribution in [0.2, 0.25) is 0 Å². The molecule has 0 aliphatic rings. The predicted molar refractivity (Wildman–Crippen MR) is 244 cm³/mol. The lowest BCUT2D eigenvalue weighted by molar-refractivity contribution is -0.161. The number of phosphoric acid groups is 1. The molecule has 0 radical (unpaired) electrons. The molecule has 7 N–H and O–H groups in total. The molecule has 0 rings (SSSR count). The number of carbonyl (C=O) groups is 8. The maximum Gasteiger partial charge on any atom is 0.472 e. The first-order valence-electron chi connectivity index (χ1n) is 22.9. The first kappa shape index (κ1) is 61.0. The third-order valence-electron chi connectivity index (χ3n) is 9.69. The molecule has 0 spiro atoms. The van der Waals surface area contributed by atoms with Crippen molar-refractivity contribution < 1.29 is 76.5 Å². The summed E-state index contributed by atoms with van der Waals surface area (Å²) in [6.45, 7) is 1.77. The average Bonchev–Trinajstić information content (AvgIpc) is 3.26. The number of hydrogen-bond donors (Lipinski definition) is 8. The van der Waals surface area contributed by atoms with Gasteiger partial charge in [0.15, 0.2) is 6.10 Å². The van der Waals surface area contributed by atoms with Gasteiger partial charge < -0.3 is 45.8 Å². The second-order valence-electron chi connectivity index (χ2n) is 15.5. The number of carboxylic acid groups (broad SMARTS) is 2. The zero-order valence-corrected chi connectivity index (χ0v) is 40.0. The Hall–Kier alpha value is -4.04. The summed E-state index contributed by atoms with van der Waals surface area (Å²) >= 11 is 3.94. The molecular formula is C43H75N4O16PS. The van der Waals surface area contributed by atoms with Gasteiger partial charge in [0.05, 0.1) is 13.2 Å². The largest absolute Gasteiger partial charge is 0.480 e. The van der Waals surface area contributed by atoms with Crippen LogP contribution in [0.1, 0.15) is 155 Å². The number of aliphatic carboxylic acids is 2. The Morgan fingerprint density at radius 1 is 0.631 bits per heavy atom. The van der Waals surface area contributed by atoms with Gasteiger partial charge in [0.25, 0.3) is 0 Å². The van der Waals surface area contributed by atoms with Crippen LogP contribution in [-0.4, -0.2) is 119 Å². The smallest absolute Gasteiger partial charge is 0.472 e. The molecule has 374 valence electrons. The number of carbonyl (C=O) groups excluding carboxylic acids is 6. The van der Waals surface area contributed by atoms with Gasteiger partial charge in [0.2, 0.25) is 23.6 Å². The predicted octanol–water partition coefficient (Wildman–Crippen LogP) is 5.05. The summed E-state index contributed by atoms with van der Waals surface area (Å²) in [6, 6.07) is -2.76. The number of carboxylic acids is 2. The highest BCUT2D eigenvalue weighted by Gasteiger charge is 2.27. The summed E-state index contributed by atoms with van der Waals surface area (Å²) in [7, 11) is -4.77. The van der Waals surface area contributed by atoms with Gasteiger partial charge in [-0.05, 0) is 19.3 Å². The number of thiol groups is 1. The monoisotopic (exact) mass is 966 g/mol. The van der Waals surface area contributed by atoms with Crippen LogP contribution in [0, 0.1) is 0 Å². The van der Waals surface area contributed by atoms with Crippen LogP contribution in [0.4, 0.5) is 0 Å². The number of nitrogens with one attached hydrogen (secondary N) is 4. The molecule has 0 saturated carbocycles. The average molecular weight is 967 g/mol. The van der Waals surface area contributed by atoms with E-state index >= 15 is 0 Å². The summed E-state index contributed by atoms with van der Waals surface area (Å²) in [5.74, 6) is -7.49. The molecule has 0 saturated heterocycles. The number of phosphoric ester groups is 1. The quantitative estimate of drug-likeness (QED) is 0.0130. The molecule has 0 aromatic carbocycles. The second-order valence-corrected chi connectivity index (χ2v) is 17.3. The van der Waals surface area contributed by atoms with Gasteiger partial charge in [-0.1, -0.05) is 117 Å². The first-order valence-corrected chi connectivity index (χ1v) is 25.0. The lowest BCUT2D eigenvalue weighted by atomic mass is 10.1. The van der Waals surface area contributed by atoms with E-state index in [1.807, 2.05) is 0 Å². The number of amides is 4. The van der Waals surface area contributed by atoms with Crippen LogP contribution in [-0.2, 0) is 61.4 Å². The number of rotatable bonds is 42. The van der Waals surface area contributed by atoms with Crippen LogP contribution in [0.3, 0.4) is 0 Å². The zero-order valence-electron chi connectivity index (χ0n) is 38.2. The van der Waals surface area contributed by atoms with E-state index in [0.29, 0.717) is 12.8 Å². The van der Waals surface area contributed by atoms with Crippen LogP contribution in [0.25, 0.3) is 0 Å². The molecule has 0 aromatic heterocycles. The summed E-state index contributed by atoms with van der Waals surface area (Å²) in [5.41, 5.74) is 0. The van der Waals surface area contributed by atoms with Crippen LogP contribution >= 0.6 is 20.5 Å². The number of unbranched alkanes of at least 4 members (excludes halogenated alkanes) is 16. The summed E-state index contributed by atoms with van der Waals surface area (Å²) < 4.78 is 33.4. The SMILES string of the molecule is CCCCCCCCCCCC(=O)OC[C@H](COP(=O)(O)OCCNC(=O)/C=C\C(=O)N[C@@H](CCC(=O)NC(CS)C(=O)NCC(=O)O)C(=O)O)OC(=O)CCCCCCCCCCC. The molecule has 2 unspecified atom stereocenters. The minimum absolute atomic E-state index is 0.111. The molecule has 4 atom stereocenters. The minimum Gasteiger partial charge on any atom is -0.480 e. The lowest BCUT2D eigenvalue weighted by Gasteiger charge is -2.20. The first-order chi connectivity index (χ1) is 31.0. The molecule has 0 bridgehead atoms. The van der Waals surface area contributed by atoms with Gasteiger partial charge in [-0.25, -0.2) is 9.36 Å². The number of hydrogen-bond acceptors (Lipinski definition) is 14. The maximum absolute atomic E-state index is 12.7. The van der Waals surface area contributed by atoms with Gasteiger partial charge in [-0.15, -0.1) is 0 Å². The van der Waals surface area contributed by atoms with Crippen molar-refractivity contribution in [2.45, 2.75) is 173 Å². The number of esters is 2. The Morgan fingerprint density at radius 2 is 1.15 bits per heavy atom. The highest BCUT2D eigenvalue weighted by molar-refractivity contribution is 7.80. The highest BCUT2D eigenvalue weighted by atomic mass is 32.1. The van der Waals surface area contributed by atoms with Crippen molar-refractivity contribution in [1.82, 2.24) is 21.3 Å². The van der Waals surface area contributed by atoms with Crippen molar-refractivity contribution >= 4 is 68.0 Å². The Bertz CT molecular complexity index is 1500. The molecule has 65 heavy (non-hydrogen) atoms. The van der Waals surface area contributed by atoms with Crippen molar-refractivity contribution in [1.29, 1.82) is 0 Å². The molecule has 0 fully saturated rings. The van der Waals surface area contributed by atoms with Crippen molar-refractivity contribution in [3.05, 3.63) is 12.2 Å². The van der Waals surface area contributed by atoms with Gasteiger partial charge in [0, 0.05) is 43.7 Å². The van der Waals surface area contributed by atoms with Crippen LogP contribution in [0.5, 0.6) is 0 Å². The van der Waals surface area contributed by atoms with Crippen molar-refractivity contribution in [3.63, 3.8) is 0 Å². The molecule has 20 nitrogen and oxygen atoms in total. The maximum atomic E-state index is 12.7. The fourth-order valence-corrected chi connectivity index (χ4v) is 7.05. The van der Waals surface area contributed by atoms with Crippen molar-refractivity contribution in [2.24, 2.45) is 0 Å². The molecule has 0 aromatic rings. The standard InChI is InChI=1S/C43H75N4O16PS/c1-3-5-7-9-11-13-15-17-19-21-40(53)60-30-33(63-41(54)22-20-18-16-14-12-10-8-6-4-2)31-62-64(58,59)61-28-27-44-36(48)25-26-38(50)46-34(43(56)57)23-24-37(49)47-35(32-65)42(55)45-29-39(51)52/h25-26,33-35,65H,3-24,27-32H2,1-2H3,(H,44,48)(H,45,55)(H,46,50)(H,47,49)(H,51,52)(H,56,57)(H,58,59)/b26-25-/t33-,34+,35?/m1/s1. The van der Waals surface area contributed by atoms with E-state index in [2.05, 4.69) is 47.7 Å². The van der Waals surface area contributed by atoms with E-state index in [-0.39, 0.29) is 25.1 Å². The molecule has 0 aliphatic heterocycles. The fourth-order valence-electron chi connectivity index (χ4n) is 6.04. The third kappa shape index (κ3) is 36.8. The topological polar surface area (TPSA) is 299 Å². The van der Waals surface area contributed by atoms with Gasteiger partial charge in [-0.2, -0.15) is 12.6 Å². The summed E-state index contributed by atoms with van der Waals surface area (Å²) in [6.07, 6.45) is 18.9. The van der Waals surface area contributed by atoms with E-state index in [1.165, 1.54) is 57.8 Å². The van der Waals surface area contributed by atoms with Gasteiger partial charge in [-0.3, -0.25) is 42.6 Å². The van der Waals surface area contributed by atoms with E-state index in [1.54, 1.807) is 0 Å². The van der Waals surface area contributed by atoms with E-state index in [9.17, 15) is 52.9 Å². The van der Waals surface area contributed by atoms with Crippen molar-refractivity contribution in [2.75, 3.05) is 38.7 Å². The van der Waals surface area contributed by atoms with Crippen molar-refractivity contribution in [3.8, 4) is 0 Å². The van der Waals surface area contributed by atoms with Gasteiger partial charge >= 0.3 is 31.7 Å². The van der Waals surface area contributed by atoms with E-state index in [4.69, 9.17) is 23.6 Å². The summed E-state index contributed by atoms with van der Waals surface area (Å²) in [4.78, 5) is 107. The van der Waals surface area contributed by atoms with E-state index in [0.717, 1.165) is 57.1 Å². The minimum atomic E-state index is -4.77. The highest BCUT2D eigenvalue weighted by Crippen LogP contribution is 2.43. The van der Waals surface area contributed by atoms with Crippen LogP contribution < -0.4 is 21.3 Å². The Labute approximate surface area is 388 Å². The van der Waals surface area contributed by atoms with Crippen LogP contribution in [0.15, 0.2) is 12.2 Å². The Balaban J connectivity index is 4.92. The van der Waals surface area contributed by atoms with E-state index < -0.39 is 113 Å². The molecule has 0 aliphatic carbocycles. The number of ether oxygens (including phenoxy) is 2. The zero-order chi connectivity index (χ0) is 48.7. The third-order valence-corrected chi connectivity index (χ3v) is 11.0. The molecule has 22 heteroatoms. The molecule has 0 heterocycles. The second kappa shape index (κ2) is 39.2. The Morgan fingerprint density at radius 3 is 1.68 bits per heavy atom. The molecule has 4 amide bonds. The lowest BCUT2D eigenvalue weighted by Crippen LogP contribution is -2.49. The molecular weight excluding hydrogens is 892 g/mol. The van der Waals surface area contributed by atoms with Gasteiger partial charge in [0.1, 0.15) is 25.2 Å². The Kier molecular flexibility index (Phi) is 36.7.